The van der Waals surface area contributed by atoms with E-state index in [1.807, 2.05) is 36.4 Å². The predicted octanol–water partition coefficient (Wildman–Crippen LogP) is 6.16. The first-order valence-corrected chi connectivity index (χ1v) is 11.5. The van der Waals surface area contributed by atoms with Gasteiger partial charge in [0.1, 0.15) is 0 Å². The second-order valence-electron chi connectivity index (χ2n) is 8.33. The van der Waals surface area contributed by atoms with Gasteiger partial charge in [-0.25, -0.2) is 0 Å². The molecule has 0 saturated carbocycles. The van der Waals surface area contributed by atoms with Crippen molar-refractivity contribution in [1.82, 2.24) is 0 Å². The maximum Gasteiger partial charge on any atom is 0.0823 e. The zero-order valence-electron chi connectivity index (χ0n) is 19.5. The molecule has 0 aliphatic rings. The van der Waals surface area contributed by atoms with Crippen molar-refractivity contribution in [3.63, 3.8) is 0 Å². The first-order chi connectivity index (χ1) is 17.7. The Hall–Kier alpha value is -5.40. The van der Waals surface area contributed by atoms with E-state index in [0.29, 0.717) is 11.1 Å². The Labute approximate surface area is 211 Å². The van der Waals surface area contributed by atoms with Gasteiger partial charge >= 0.3 is 0 Å². The topological polar surface area (TPSA) is 0 Å². The lowest BCUT2D eigenvalue weighted by molar-refractivity contribution is 1.61. The molecule has 0 heterocycles. The molecule has 0 heteroatoms. The number of rotatable bonds is 2. The summed E-state index contributed by atoms with van der Waals surface area (Å²) in [5, 5.41) is 5.33. The third-order valence-electron chi connectivity index (χ3n) is 6.41. The third-order valence-corrected chi connectivity index (χ3v) is 6.41. The van der Waals surface area contributed by atoms with Gasteiger partial charge in [-0.3, -0.25) is 0 Å². The SMILES string of the molecule is C#CC(C#C)=c1c2ccc(-c3ccccc3)cc2c(=C(C#C)C#C)c2ccc(-c3ccccc3)cc12. The van der Waals surface area contributed by atoms with Gasteiger partial charge in [-0.1, -0.05) is 109 Å². The van der Waals surface area contributed by atoms with Crippen LogP contribution in [0.4, 0.5) is 0 Å². The summed E-state index contributed by atoms with van der Waals surface area (Å²) in [6, 6.07) is 32.8. The van der Waals surface area contributed by atoms with Crippen LogP contribution in [0.5, 0.6) is 0 Å². The quantitative estimate of drug-likeness (QED) is 0.222. The van der Waals surface area contributed by atoms with Crippen LogP contribution in [-0.2, 0) is 0 Å². The third kappa shape index (κ3) is 3.71. The number of terminal acetylenes is 4. The standard InChI is InChI=1S/C36H20/c1-5-25(6-2)35-31-21-19-30(28-17-13-10-14-18-28)24-34(31)36(26(7-3)8-4)32-22-20-29(23-33(32)35)27-15-11-9-12-16-27/h1-4,9-24H. The van der Waals surface area contributed by atoms with Crippen molar-refractivity contribution < 1.29 is 0 Å². The summed E-state index contributed by atoms with van der Waals surface area (Å²) in [5.41, 5.74) is 5.24. The molecule has 0 aliphatic carbocycles. The van der Waals surface area contributed by atoms with E-state index in [1.165, 1.54) is 0 Å². The van der Waals surface area contributed by atoms with Crippen LogP contribution in [-0.4, -0.2) is 0 Å². The Morgan fingerprint density at radius 2 is 0.750 bits per heavy atom. The van der Waals surface area contributed by atoms with E-state index >= 15 is 0 Å². The number of benzene rings is 5. The second kappa shape index (κ2) is 9.46. The summed E-state index contributed by atoms with van der Waals surface area (Å²) in [6.07, 6.45) is 23.7. The highest BCUT2D eigenvalue weighted by Crippen LogP contribution is 2.27. The predicted molar refractivity (Wildman–Crippen MR) is 154 cm³/mol. The molecule has 0 unspecified atom stereocenters. The van der Waals surface area contributed by atoms with Crippen LogP contribution in [0.1, 0.15) is 0 Å². The number of fused-ring (bicyclic) bond motifs is 2. The zero-order valence-corrected chi connectivity index (χ0v) is 19.5. The summed E-state index contributed by atoms with van der Waals surface area (Å²) >= 11 is 0. The molecule has 0 nitrogen and oxygen atoms in total. The first kappa shape index (κ1) is 22.4. The van der Waals surface area contributed by atoms with E-state index in [2.05, 4.69) is 84.3 Å². The lowest BCUT2D eigenvalue weighted by Gasteiger charge is -2.13. The maximum absolute atomic E-state index is 5.92. The fourth-order valence-corrected chi connectivity index (χ4v) is 4.76. The van der Waals surface area contributed by atoms with E-state index in [9.17, 15) is 0 Å². The Morgan fingerprint density at radius 3 is 1.08 bits per heavy atom. The van der Waals surface area contributed by atoms with Crippen LogP contribution in [0, 0.1) is 49.4 Å². The van der Waals surface area contributed by atoms with Crippen molar-refractivity contribution in [2.24, 2.45) is 0 Å². The molecule has 0 aromatic heterocycles. The van der Waals surface area contributed by atoms with Crippen LogP contribution in [0.2, 0.25) is 0 Å². The van der Waals surface area contributed by atoms with E-state index < -0.39 is 0 Å². The number of hydrogen-bond donors (Lipinski definition) is 0. The van der Waals surface area contributed by atoms with E-state index in [0.717, 1.165) is 54.2 Å². The Kier molecular flexibility index (Phi) is 5.88. The first-order valence-electron chi connectivity index (χ1n) is 11.5. The molecule has 164 valence electrons. The molecule has 0 spiro atoms. The molecular weight excluding hydrogens is 432 g/mol. The highest BCUT2D eigenvalue weighted by Gasteiger charge is 2.13. The maximum atomic E-state index is 5.92. The monoisotopic (exact) mass is 452 g/mol. The van der Waals surface area contributed by atoms with Gasteiger partial charge in [-0.2, -0.15) is 0 Å². The fraction of sp³-hybridized carbons (Fsp3) is 0. The lowest BCUT2D eigenvalue weighted by Crippen LogP contribution is -2.18. The lowest BCUT2D eigenvalue weighted by atomic mass is 9.90. The van der Waals surface area contributed by atoms with Crippen LogP contribution in [0.3, 0.4) is 0 Å². The molecule has 0 N–H and O–H groups in total. The normalized spacial score (nSPS) is 10.1. The van der Waals surface area contributed by atoms with Gasteiger partial charge in [-0.05, 0) is 55.9 Å². The summed E-state index contributed by atoms with van der Waals surface area (Å²) in [6.45, 7) is 0. The molecule has 0 saturated heterocycles. The molecule has 0 radical (unpaired) electrons. The summed E-state index contributed by atoms with van der Waals surface area (Å²) in [5.74, 6) is 10.9. The molecule has 0 amide bonds. The average Bonchev–Trinajstić information content (AvgIpc) is 2.95. The van der Waals surface area contributed by atoms with Crippen molar-refractivity contribution in [2.45, 2.75) is 0 Å². The highest BCUT2D eigenvalue weighted by atomic mass is 14.1. The molecule has 5 rings (SSSR count). The fourth-order valence-electron chi connectivity index (χ4n) is 4.76. The smallest absolute Gasteiger partial charge is 0.0823 e. The summed E-state index contributed by atoms with van der Waals surface area (Å²) in [4.78, 5) is 0. The Balaban J connectivity index is 2.08. The molecule has 0 bridgehead atoms. The van der Waals surface area contributed by atoms with Gasteiger partial charge in [0, 0.05) is 10.4 Å². The van der Waals surface area contributed by atoms with Crippen LogP contribution in [0.15, 0.2) is 97.1 Å². The van der Waals surface area contributed by atoms with Crippen molar-refractivity contribution in [2.75, 3.05) is 0 Å². The molecule has 0 aliphatic heterocycles. The van der Waals surface area contributed by atoms with Crippen molar-refractivity contribution in [3.8, 4) is 71.6 Å². The molecule has 36 heavy (non-hydrogen) atoms. The minimum absolute atomic E-state index is 0.484. The highest BCUT2D eigenvalue weighted by molar-refractivity contribution is 6.08. The summed E-state index contributed by atoms with van der Waals surface area (Å²) in [7, 11) is 0. The van der Waals surface area contributed by atoms with Gasteiger partial charge in [0.05, 0.1) is 11.1 Å². The molecule has 0 fully saturated rings. The minimum atomic E-state index is 0.484. The van der Waals surface area contributed by atoms with Crippen LogP contribution < -0.4 is 10.4 Å². The van der Waals surface area contributed by atoms with Gasteiger partial charge in [0.25, 0.3) is 0 Å². The Morgan fingerprint density at radius 1 is 0.389 bits per heavy atom. The van der Waals surface area contributed by atoms with Crippen molar-refractivity contribution in [3.05, 3.63) is 107 Å². The van der Waals surface area contributed by atoms with Gasteiger partial charge in [0.2, 0.25) is 0 Å². The van der Waals surface area contributed by atoms with Crippen LogP contribution >= 0.6 is 0 Å². The van der Waals surface area contributed by atoms with Gasteiger partial charge in [0.15, 0.2) is 0 Å². The zero-order chi connectivity index (χ0) is 25.1. The Bertz CT molecular complexity index is 1760. The second-order valence-corrected chi connectivity index (χ2v) is 8.33. The summed E-state index contributed by atoms with van der Waals surface area (Å²) < 4.78 is 0. The molecule has 5 aromatic carbocycles. The van der Waals surface area contributed by atoms with Crippen molar-refractivity contribution in [1.29, 1.82) is 0 Å². The minimum Gasteiger partial charge on any atom is -0.114 e. The molecule has 5 aromatic rings. The van der Waals surface area contributed by atoms with E-state index in [4.69, 9.17) is 25.7 Å². The largest absolute Gasteiger partial charge is 0.114 e. The van der Waals surface area contributed by atoms with E-state index in [-0.39, 0.29) is 0 Å². The molecule has 0 atom stereocenters. The van der Waals surface area contributed by atoms with Crippen LogP contribution in [0.25, 0.3) is 54.9 Å². The van der Waals surface area contributed by atoms with E-state index in [1.54, 1.807) is 0 Å². The van der Waals surface area contributed by atoms with Gasteiger partial charge in [-0.15, -0.1) is 25.7 Å². The average molecular weight is 453 g/mol. The molecular formula is C36H20. The van der Waals surface area contributed by atoms with Gasteiger partial charge < -0.3 is 0 Å². The number of hydrogen-bond acceptors (Lipinski definition) is 0. The van der Waals surface area contributed by atoms with Crippen molar-refractivity contribution >= 4 is 32.7 Å².